The lowest BCUT2D eigenvalue weighted by atomic mass is 10.2. The molecule has 0 atom stereocenters. The number of nitrogens with one attached hydrogen (secondary N) is 2. The van der Waals surface area contributed by atoms with Crippen molar-refractivity contribution in [3.63, 3.8) is 0 Å². The highest BCUT2D eigenvalue weighted by atomic mass is 16.6. The lowest BCUT2D eigenvalue weighted by Gasteiger charge is -2.03. The van der Waals surface area contributed by atoms with Gasteiger partial charge in [0.25, 0.3) is 5.69 Å². The van der Waals surface area contributed by atoms with Crippen molar-refractivity contribution in [1.82, 2.24) is 9.97 Å². The average Bonchev–Trinajstić information content (AvgIpc) is 2.88. The van der Waals surface area contributed by atoms with Gasteiger partial charge in [-0.15, -0.1) is 0 Å². The number of non-ortho nitro benzene ring substituents is 1. The molecule has 0 saturated carbocycles. The zero-order valence-electron chi connectivity index (χ0n) is 11.0. The molecule has 7 nitrogen and oxygen atoms in total. The lowest BCUT2D eigenvalue weighted by molar-refractivity contribution is -0.384. The summed E-state index contributed by atoms with van der Waals surface area (Å²) < 4.78 is 0. The van der Waals surface area contributed by atoms with Crippen LogP contribution >= 0.6 is 0 Å². The Labute approximate surface area is 120 Å². The van der Waals surface area contributed by atoms with Crippen LogP contribution in [0.3, 0.4) is 0 Å². The van der Waals surface area contributed by atoms with Crippen molar-refractivity contribution in [2.75, 3.05) is 11.1 Å². The fraction of sp³-hybridized carbons (Fsp3) is 0.0714. The number of H-pyrrole nitrogens is 1. The maximum atomic E-state index is 10.7. The molecule has 2 aromatic carbocycles. The predicted octanol–water partition coefficient (Wildman–Crippen LogP) is 2.67. The summed E-state index contributed by atoms with van der Waals surface area (Å²) >= 11 is 0. The van der Waals surface area contributed by atoms with Crippen LogP contribution in [0.5, 0.6) is 0 Å². The number of hydrogen-bond donors (Lipinski definition) is 3. The number of anilines is 2. The number of nitrogens with zero attached hydrogens (tertiary/aromatic N) is 2. The molecule has 0 saturated heterocycles. The maximum absolute atomic E-state index is 10.7. The first-order valence-electron chi connectivity index (χ1n) is 6.34. The first kappa shape index (κ1) is 12.9. The van der Waals surface area contributed by atoms with Crippen LogP contribution in [0.4, 0.5) is 17.3 Å². The number of hydrogen-bond acceptors (Lipinski definition) is 5. The Balaban J connectivity index is 1.78. The number of nitrogens with two attached hydrogens (primary N) is 1. The quantitative estimate of drug-likeness (QED) is 0.387. The van der Waals surface area contributed by atoms with E-state index in [1.165, 1.54) is 12.1 Å². The largest absolute Gasteiger partial charge is 0.399 e. The van der Waals surface area contributed by atoms with Crippen LogP contribution in [0.15, 0.2) is 42.5 Å². The third-order valence-electron chi connectivity index (χ3n) is 3.12. The summed E-state index contributed by atoms with van der Waals surface area (Å²) in [5.74, 6) is 0.572. The third-order valence-corrected chi connectivity index (χ3v) is 3.12. The Morgan fingerprint density at radius 2 is 2.00 bits per heavy atom. The number of benzene rings is 2. The predicted molar refractivity (Wildman–Crippen MR) is 80.9 cm³/mol. The molecule has 0 bridgehead atoms. The molecule has 0 unspecified atom stereocenters. The molecule has 0 spiro atoms. The topological polar surface area (TPSA) is 110 Å². The fourth-order valence-electron chi connectivity index (χ4n) is 2.02. The number of rotatable bonds is 4. The Morgan fingerprint density at radius 3 is 2.71 bits per heavy atom. The van der Waals surface area contributed by atoms with Gasteiger partial charge in [-0.25, -0.2) is 4.98 Å². The van der Waals surface area contributed by atoms with E-state index in [0.717, 1.165) is 11.3 Å². The zero-order chi connectivity index (χ0) is 14.8. The van der Waals surface area contributed by atoms with Gasteiger partial charge in [0, 0.05) is 24.4 Å². The van der Waals surface area contributed by atoms with Crippen LogP contribution in [0, 0.1) is 10.1 Å². The van der Waals surface area contributed by atoms with Gasteiger partial charge in [-0.1, -0.05) is 12.1 Å². The third kappa shape index (κ3) is 2.76. The average molecular weight is 283 g/mol. The van der Waals surface area contributed by atoms with Crippen LogP contribution in [-0.2, 0) is 6.54 Å². The van der Waals surface area contributed by atoms with Gasteiger partial charge in [0.2, 0.25) is 5.95 Å². The standard InChI is InChI=1S/C14H13N5O2/c15-10-3-1-9(2-4-10)8-16-14-17-12-6-5-11(19(20)21)7-13(12)18-14/h1-7H,8,15H2,(H2,16,17,18). The molecule has 3 aromatic rings. The van der Waals surface area contributed by atoms with Gasteiger partial charge < -0.3 is 16.0 Å². The molecule has 0 aliphatic heterocycles. The van der Waals surface area contributed by atoms with Crippen molar-refractivity contribution in [2.45, 2.75) is 6.54 Å². The Kier molecular flexibility index (Phi) is 3.15. The highest BCUT2D eigenvalue weighted by molar-refractivity contribution is 5.79. The monoisotopic (exact) mass is 283 g/mol. The number of nitro groups is 1. The first-order valence-corrected chi connectivity index (χ1v) is 6.34. The molecular formula is C14H13N5O2. The van der Waals surface area contributed by atoms with Crippen molar-refractivity contribution in [1.29, 1.82) is 0 Å². The highest BCUT2D eigenvalue weighted by Gasteiger charge is 2.09. The van der Waals surface area contributed by atoms with Gasteiger partial charge in [0.1, 0.15) is 0 Å². The molecule has 0 aliphatic rings. The minimum absolute atomic E-state index is 0.0382. The van der Waals surface area contributed by atoms with E-state index in [9.17, 15) is 10.1 Å². The van der Waals surface area contributed by atoms with E-state index in [0.29, 0.717) is 23.5 Å². The van der Waals surface area contributed by atoms with Gasteiger partial charge in [-0.2, -0.15) is 0 Å². The highest BCUT2D eigenvalue weighted by Crippen LogP contribution is 2.20. The summed E-state index contributed by atoms with van der Waals surface area (Å²) in [6, 6.07) is 12.0. The molecule has 0 aliphatic carbocycles. The lowest BCUT2D eigenvalue weighted by Crippen LogP contribution is -2.00. The summed E-state index contributed by atoms with van der Waals surface area (Å²) in [6.07, 6.45) is 0. The van der Waals surface area contributed by atoms with Crippen molar-refractivity contribution in [3.8, 4) is 0 Å². The normalized spacial score (nSPS) is 10.7. The molecule has 4 N–H and O–H groups in total. The van der Waals surface area contributed by atoms with Gasteiger partial charge in [0.05, 0.1) is 16.0 Å². The number of aromatic nitrogens is 2. The van der Waals surface area contributed by atoms with Crippen molar-refractivity contribution >= 4 is 28.4 Å². The summed E-state index contributed by atoms with van der Waals surface area (Å²) in [7, 11) is 0. The smallest absolute Gasteiger partial charge is 0.271 e. The second kappa shape index (κ2) is 5.12. The van der Waals surface area contributed by atoms with E-state index in [1.54, 1.807) is 6.07 Å². The van der Waals surface area contributed by atoms with E-state index >= 15 is 0 Å². The zero-order valence-corrected chi connectivity index (χ0v) is 11.0. The molecule has 1 heterocycles. The number of nitrogen functional groups attached to an aromatic ring is 1. The van der Waals surface area contributed by atoms with Crippen molar-refractivity contribution in [3.05, 3.63) is 58.1 Å². The van der Waals surface area contributed by atoms with Crippen LogP contribution in [0.1, 0.15) is 5.56 Å². The molecule has 3 rings (SSSR count). The second-order valence-corrected chi connectivity index (χ2v) is 4.64. The van der Waals surface area contributed by atoms with Crippen LogP contribution in [0.2, 0.25) is 0 Å². The molecule has 21 heavy (non-hydrogen) atoms. The Morgan fingerprint density at radius 1 is 1.24 bits per heavy atom. The fourth-order valence-corrected chi connectivity index (χ4v) is 2.02. The number of aromatic amines is 1. The summed E-state index contributed by atoms with van der Waals surface area (Å²) in [5.41, 5.74) is 8.76. The Hall–Kier alpha value is -3.09. The van der Waals surface area contributed by atoms with Gasteiger partial charge in [0.15, 0.2) is 0 Å². The number of imidazole rings is 1. The van der Waals surface area contributed by atoms with Gasteiger partial charge in [-0.3, -0.25) is 10.1 Å². The summed E-state index contributed by atoms with van der Waals surface area (Å²) in [4.78, 5) is 17.7. The van der Waals surface area contributed by atoms with Crippen molar-refractivity contribution in [2.24, 2.45) is 0 Å². The van der Waals surface area contributed by atoms with E-state index in [-0.39, 0.29) is 5.69 Å². The summed E-state index contributed by atoms with van der Waals surface area (Å²) in [5, 5.41) is 13.9. The number of nitro benzene ring substituents is 1. The van der Waals surface area contributed by atoms with Crippen molar-refractivity contribution < 1.29 is 4.92 Å². The van der Waals surface area contributed by atoms with Gasteiger partial charge >= 0.3 is 0 Å². The SMILES string of the molecule is Nc1ccc(CNc2nc3ccc([N+](=O)[O-])cc3[nH]2)cc1. The van der Waals surface area contributed by atoms with Crippen LogP contribution in [-0.4, -0.2) is 14.9 Å². The second-order valence-electron chi connectivity index (χ2n) is 4.64. The Bertz CT molecular complexity index is 795. The van der Waals surface area contributed by atoms with E-state index < -0.39 is 4.92 Å². The molecule has 0 fully saturated rings. The molecule has 0 radical (unpaired) electrons. The minimum atomic E-state index is -0.429. The summed E-state index contributed by atoms with van der Waals surface area (Å²) in [6.45, 7) is 0.586. The van der Waals surface area contributed by atoms with E-state index in [1.807, 2.05) is 24.3 Å². The molecule has 106 valence electrons. The first-order chi connectivity index (χ1) is 10.1. The molecule has 0 amide bonds. The molecular weight excluding hydrogens is 270 g/mol. The molecule has 7 heteroatoms. The molecule has 1 aromatic heterocycles. The number of fused-ring (bicyclic) bond motifs is 1. The minimum Gasteiger partial charge on any atom is -0.399 e. The maximum Gasteiger partial charge on any atom is 0.271 e. The van der Waals surface area contributed by atoms with Crippen LogP contribution in [0.25, 0.3) is 11.0 Å². The van der Waals surface area contributed by atoms with Crippen LogP contribution < -0.4 is 11.1 Å². The van der Waals surface area contributed by atoms with E-state index in [2.05, 4.69) is 15.3 Å². The van der Waals surface area contributed by atoms with Gasteiger partial charge in [-0.05, 0) is 23.8 Å². The van der Waals surface area contributed by atoms with E-state index in [4.69, 9.17) is 5.73 Å².